The highest BCUT2D eigenvalue weighted by molar-refractivity contribution is 6.31. The van der Waals surface area contributed by atoms with Gasteiger partial charge in [-0.2, -0.15) is 0 Å². The van der Waals surface area contributed by atoms with Gasteiger partial charge in [0.15, 0.2) is 0 Å². The summed E-state index contributed by atoms with van der Waals surface area (Å²) in [6.07, 6.45) is 0.318. The van der Waals surface area contributed by atoms with Gasteiger partial charge < -0.3 is 4.74 Å². The molecular weight excluding hydrogens is 385 g/mol. The highest BCUT2D eigenvalue weighted by Gasteiger charge is 2.60. The van der Waals surface area contributed by atoms with Crippen molar-refractivity contribution in [3.05, 3.63) is 75.1 Å². The molecule has 0 bridgehead atoms. The number of benzene rings is 2. The van der Waals surface area contributed by atoms with Gasteiger partial charge in [0.2, 0.25) is 0 Å². The third kappa shape index (κ3) is 3.17. The highest BCUT2D eigenvalue weighted by atomic mass is 35.5. The number of amides is 1. The van der Waals surface area contributed by atoms with Gasteiger partial charge in [0, 0.05) is 32.7 Å². The number of azide groups is 1. The first-order valence-electron chi connectivity index (χ1n) is 8.61. The van der Waals surface area contributed by atoms with Crippen molar-refractivity contribution in [2.75, 3.05) is 6.67 Å². The van der Waals surface area contributed by atoms with Gasteiger partial charge in [0.25, 0.3) is 11.9 Å². The summed E-state index contributed by atoms with van der Waals surface area (Å²) < 4.78 is 20.1. The van der Waals surface area contributed by atoms with Gasteiger partial charge in [-0.1, -0.05) is 41.0 Å². The van der Waals surface area contributed by atoms with E-state index >= 15 is 0 Å². The van der Waals surface area contributed by atoms with Crippen LogP contribution >= 0.6 is 11.6 Å². The predicted octanol–water partition coefficient (Wildman–Crippen LogP) is 4.65. The number of hydrogen-bond acceptors (Lipinski definition) is 4. The maximum absolute atomic E-state index is 14.4. The number of rotatable bonds is 4. The molecule has 9 heteroatoms. The largest absolute Gasteiger partial charge is 0.461 e. The Morgan fingerprint density at radius 1 is 1.39 bits per heavy atom. The van der Waals surface area contributed by atoms with E-state index in [1.165, 1.54) is 6.07 Å². The summed E-state index contributed by atoms with van der Waals surface area (Å²) in [6.45, 7) is -0.832. The molecule has 142 valence electrons. The van der Waals surface area contributed by atoms with Crippen molar-refractivity contribution in [3.63, 3.8) is 0 Å². The van der Waals surface area contributed by atoms with E-state index in [0.29, 0.717) is 28.3 Å². The molecule has 0 spiro atoms. The fourth-order valence-electron chi connectivity index (χ4n) is 3.47. The first-order chi connectivity index (χ1) is 13.6. The van der Waals surface area contributed by atoms with Gasteiger partial charge in [0.1, 0.15) is 18.3 Å². The molecule has 2 aliphatic rings. The Morgan fingerprint density at radius 2 is 2.18 bits per heavy atom. The lowest BCUT2D eigenvalue weighted by molar-refractivity contribution is 0.0951. The second-order valence-electron chi connectivity index (χ2n) is 6.65. The van der Waals surface area contributed by atoms with Gasteiger partial charge >= 0.3 is 0 Å². The lowest BCUT2D eigenvalue weighted by Gasteiger charge is -2.32. The van der Waals surface area contributed by atoms with Crippen LogP contribution < -0.4 is 5.32 Å². The fourth-order valence-corrected chi connectivity index (χ4v) is 3.76. The van der Waals surface area contributed by atoms with Crippen molar-refractivity contribution in [1.82, 2.24) is 5.32 Å². The second kappa shape index (κ2) is 7.14. The number of fused-ring (bicyclic) bond motifs is 1. The molecule has 0 unspecified atom stereocenters. The molecule has 1 aliphatic carbocycles. The van der Waals surface area contributed by atoms with Crippen LogP contribution in [0.5, 0.6) is 0 Å². The van der Waals surface area contributed by atoms with Crippen LogP contribution in [-0.2, 0) is 10.3 Å². The number of carbonyl (C=O) groups excluding carboxylic acids is 1. The summed E-state index contributed by atoms with van der Waals surface area (Å²) in [5.41, 5.74) is 8.52. The highest BCUT2D eigenvalue weighted by Crippen LogP contribution is 2.54. The summed E-state index contributed by atoms with van der Waals surface area (Å²) >= 11 is 6.33. The summed E-state index contributed by atoms with van der Waals surface area (Å²) in [4.78, 5) is 19.6. The molecule has 2 aromatic rings. The van der Waals surface area contributed by atoms with Gasteiger partial charge in [-0.3, -0.25) is 10.1 Å². The Kier molecular flexibility index (Phi) is 4.66. The minimum atomic E-state index is -1.31. The minimum absolute atomic E-state index is 0.0458. The van der Waals surface area contributed by atoms with E-state index in [2.05, 4.69) is 20.3 Å². The Morgan fingerprint density at radius 3 is 2.89 bits per heavy atom. The molecule has 0 aromatic heterocycles. The molecule has 7 nitrogen and oxygen atoms in total. The fraction of sp³-hybridized carbons (Fsp3) is 0.263. The lowest BCUT2D eigenvalue weighted by Crippen LogP contribution is -2.43. The van der Waals surface area contributed by atoms with E-state index in [1.807, 2.05) is 0 Å². The number of nitrogens with zero attached hydrogens (tertiary/aromatic N) is 4. The van der Waals surface area contributed by atoms with Crippen LogP contribution in [0.2, 0.25) is 5.02 Å². The number of nitrogens with one attached hydrogen (secondary N) is 1. The standard InChI is InChI=1S/C19H15ClFN5O2/c20-15-7-6-12(25-26-22)8-13(15)19(10-21)14-9-16(14)28-18(24-19)23-17(27)11-4-2-1-3-5-11/h1-8,14,16H,9-10H2,(H,23,24,27)/t14-,16+,19+/m0/s1. The first-order valence-corrected chi connectivity index (χ1v) is 8.99. The number of alkyl halides is 1. The molecule has 1 saturated carbocycles. The summed E-state index contributed by atoms with van der Waals surface area (Å²) in [5, 5.41) is 6.48. The van der Waals surface area contributed by atoms with E-state index < -0.39 is 18.1 Å². The van der Waals surface area contributed by atoms with Gasteiger partial charge in [0.05, 0.1) is 0 Å². The molecule has 4 rings (SSSR count). The molecule has 1 heterocycles. The van der Waals surface area contributed by atoms with Gasteiger partial charge in [-0.05, 0) is 36.2 Å². The molecule has 2 aromatic carbocycles. The smallest absolute Gasteiger partial charge is 0.292 e. The van der Waals surface area contributed by atoms with E-state index in [1.54, 1.807) is 42.5 Å². The number of halogens is 2. The third-order valence-electron chi connectivity index (χ3n) is 4.95. The SMILES string of the molecule is [N-]=[N+]=Nc1ccc(Cl)c([C@@]2(CF)N=C(NC(=O)c3ccccc3)O[C@@H]3C[C@@H]32)c1. The van der Waals surface area contributed by atoms with Crippen LogP contribution in [0.25, 0.3) is 10.4 Å². The number of carbonyl (C=O) groups is 1. The van der Waals surface area contributed by atoms with Crippen LogP contribution in [0.1, 0.15) is 22.3 Å². The van der Waals surface area contributed by atoms with Crippen LogP contribution in [-0.4, -0.2) is 24.7 Å². The number of hydrogen-bond donors (Lipinski definition) is 1. The molecule has 0 saturated heterocycles. The van der Waals surface area contributed by atoms with Gasteiger partial charge in [-0.25, -0.2) is 9.38 Å². The Balaban J connectivity index is 1.72. The minimum Gasteiger partial charge on any atom is -0.461 e. The van der Waals surface area contributed by atoms with Crippen LogP contribution in [0.15, 0.2) is 58.6 Å². The molecule has 1 N–H and O–H groups in total. The molecule has 3 atom stereocenters. The average molecular weight is 400 g/mol. The molecule has 28 heavy (non-hydrogen) atoms. The van der Waals surface area contributed by atoms with Crippen molar-refractivity contribution in [2.45, 2.75) is 18.1 Å². The quantitative estimate of drug-likeness (QED) is 0.459. The lowest BCUT2D eigenvalue weighted by atomic mass is 9.85. The van der Waals surface area contributed by atoms with Crippen molar-refractivity contribution in [3.8, 4) is 0 Å². The van der Waals surface area contributed by atoms with E-state index in [9.17, 15) is 9.18 Å². The van der Waals surface area contributed by atoms with Crippen LogP contribution in [0.4, 0.5) is 10.1 Å². The topological polar surface area (TPSA) is 99.5 Å². The molecule has 1 amide bonds. The summed E-state index contributed by atoms with van der Waals surface area (Å²) in [6, 6.07) is 13.2. The molecular formula is C19H15ClFN5O2. The zero-order chi connectivity index (χ0) is 19.7. The normalized spacial score (nSPS) is 24.9. The molecule has 0 radical (unpaired) electrons. The second-order valence-corrected chi connectivity index (χ2v) is 7.05. The Labute approximate surface area is 164 Å². The van der Waals surface area contributed by atoms with E-state index in [4.69, 9.17) is 21.9 Å². The molecule has 1 aliphatic heterocycles. The number of amidine groups is 1. The van der Waals surface area contributed by atoms with Crippen molar-refractivity contribution in [1.29, 1.82) is 0 Å². The van der Waals surface area contributed by atoms with E-state index in [-0.39, 0.29) is 18.0 Å². The van der Waals surface area contributed by atoms with Crippen LogP contribution in [0.3, 0.4) is 0 Å². The van der Waals surface area contributed by atoms with Crippen molar-refractivity contribution < 1.29 is 13.9 Å². The summed E-state index contributed by atoms with van der Waals surface area (Å²) in [7, 11) is 0. The molecule has 1 fully saturated rings. The predicted molar refractivity (Wildman–Crippen MR) is 102 cm³/mol. The monoisotopic (exact) mass is 399 g/mol. The van der Waals surface area contributed by atoms with Crippen molar-refractivity contribution in [2.24, 2.45) is 16.0 Å². The van der Waals surface area contributed by atoms with Crippen molar-refractivity contribution >= 4 is 29.2 Å². The maximum atomic E-state index is 14.4. The maximum Gasteiger partial charge on any atom is 0.292 e. The zero-order valence-electron chi connectivity index (χ0n) is 14.5. The van der Waals surface area contributed by atoms with Crippen LogP contribution in [0, 0.1) is 5.92 Å². The zero-order valence-corrected chi connectivity index (χ0v) is 15.3. The first kappa shape index (κ1) is 18.3. The Bertz CT molecular complexity index is 1010. The number of aliphatic imine (C=N–C) groups is 1. The third-order valence-corrected chi connectivity index (χ3v) is 5.28. The van der Waals surface area contributed by atoms with Gasteiger partial charge in [-0.15, -0.1) is 0 Å². The number of ether oxygens (including phenoxy) is 1. The Hall–Kier alpha value is -3.09. The summed E-state index contributed by atoms with van der Waals surface area (Å²) in [5.74, 6) is -0.617. The van der Waals surface area contributed by atoms with E-state index in [0.717, 1.165) is 0 Å². The average Bonchev–Trinajstić information content (AvgIpc) is 3.50.